The summed E-state index contributed by atoms with van der Waals surface area (Å²) in [4.78, 5) is 19.0. The fourth-order valence-electron chi connectivity index (χ4n) is 3.23. The third kappa shape index (κ3) is 4.13. The predicted octanol–water partition coefficient (Wildman–Crippen LogP) is 3.77. The zero-order valence-corrected chi connectivity index (χ0v) is 13.8. The standard InChI is InChI=1S/C18H24N2OS/c21-18(16-6-2-1-3-7-16)20-12-9-15(10-13-20)14-22-17-8-4-5-11-19-17/h1-2,4-5,8,11,15-16H,3,6-7,9-10,12-14H2/t16-/m1/s1. The van der Waals surface area contributed by atoms with Crippen molar-refractivity contribution in [2.75, 3.05) is 18.8 Å². The fraction of sp³-hybridized carbons (Fsp3) is 0.556. The second-order valence-corrected chi connectivity index (χ2v) is 7.27. The monoisotopic (exact) mass is 316 g/mol. The van der Waals surface area contributed by atoms with Gasteiger partial charge in [-0.05, 0) is 50.2 Å². The Bertz CT molecular complexity index is 509. The molecule has 0 unspecified atom stereocenters. The molecule has 0 N–H and O–H groups in total. The maximum atomic E-state index is 12.5. The van der Waals surface area contributed by atoms with E-state index in [-0.39, 0.29) is 5.92 Å². The molecule has 1 aromatic rings. The van der Waals surface area contributed by atoms with Gasteiger partial charge < -0.3 is 4.90 Å². The van der Waals surface area contributed by atoms with Gasteiger partial charge in [0, 0.05) is 31.0 Å². The number of nitrogens with zero attached hydrogens (tertiary/aromatic N) is 2. The molecule has 1 aromatic heterocycles. The number of hydrogen-bond donors (Lipinski definition) is 0. The van der Waals surface area contributed by atoms with Crippen LogP contribution in [0.3, 0.4) is 0 Å². The molecule has 1 saturated heterocycles. The third-order valence-electron chi connectivity index (χ3n) is 4.65. The molecule has 0 aromatic carbocycles. The Morgan fingerprint density at radius 2 is 2.09 bits per heavy atom. The molecule has 0 bridgehead atoms. The highest BCUT2D eigenvalue weighted by atomic mass is 32.2. The van der Waals surface area contributed by atoms with Gasteiger partial charge in [-0.1, -0.05) is 18.2 Å². The minimum atomic E-state index is 0.240. The first-order valence-corrected chi connectivity index (χ1v) is 9.29. The number of carbonyl (C=O) groups is 1. The SMILES string of the molecule is O=C([C@@H]1CC=CCC1)N1CCC(CSc2ccccn2)CC1. The van der Waals surface area contributed by atoms with Gasteiger partial charge in [-0.3, -0.25) is 4.79 Å². The van der Waals surface area contributed by atoms with Gasteiger partial charge in [-0.2, -0.15) is 0 Å². The molecular weight excluding hydrogens is 292 g/mol. The summed E-state index contributed by atoms with van der Waals surface area (Å²) in [6.07, 6.45) is 11.5. The average Bonchev–Trinajstić information content (AvgIpc) is 2.61. The van der Waals surface area contributed by atoms with Gasteiger partial charge in [0.1, 0.15) is 0 Å². The van der Waals surface area contributed by atoms with Crippen LogP contribution >= 0.6 is 11.8 Å². The largest absolute Gasteiger partial charge is 0.342 e. The zero-order valence-electron chi connectivity index (χ0n) is 13.0. The summed E-state index contributed by atoms with van der Waals surface area (Å²) >= 11 is 1.84. The van der Waals surface area contributed by atoms with Crippen molar-refractivity contribution in [3.05, 3.63) is 36.5 Å². The zero-order chi connectivity index (χ0) is 15.2. The normalized spacial score (nSPS) is 22.7. The molecule has 1 amide bonds. The molecule has 1 atom stereocenters. The van der Waals surface area contributed by atoms with Gasteiger partial charge >= 0.3 is 0 Å². The number of piperidine rings is 1. The summed E-state index contributed by atoms with van der Waals surface area (Å²) in [6.45, 7) is 1.87. The summed E-state index contributed by atoms with van der Waals surface area (Å²) in [5.74, 6) is 2.46. The Labute approximate surface area is 137 Å². The van der Waals surface area contributed by atoms with Crippen LogP contribution in [0.15, 0.2) is 41.6 Å². The maximum absolute atomic E-state index is 12.5. The molecule has 4 heteroatoms. The van der Waals surface area contributed by atoms with Crippen molar-refractivity contribution in [1.82, 2.24) is 9.88 Å². The van der Waals surface area contributed by atoms with E-state index in [9.17, 15) is 4.79 Å². The van der Waals surface area contributed by atoms with Crippen LogP contribution in [0.25, 0.3) is 0 Å². The smallest absolute Gasteiger partial charge is 0.226 e. The number of allylic oxidation sites excluding steroid dienone is 2. The molecule has 1 aliphatic heterocycles. The van der Waals surface area contributed by atoms with Crippen LogP contribution in [0, 0.1) is 11.8 Å². The van der Waals surface area contributed by atoms with Gasteiger partial charge in [0.2, 0.25) is 5.91 Å². The summed E-state index contributed by atoms with van der Waals surface area (Å²) in [7, 11) is 0. The van der Waals surface area contributed by atoms with Crippen molar-refractivity contribution in [1.29, 1.82) is 0 Å². The first-order chi connectivity index (χ1) is 10.8. The summed E-state index contributed by atoms with van der Waals surface area (Å²) in [5.41, 5.74) is 0. The number of amides is 1. The number of carbonyl (C=O) groups excluding carboxylic acids is 1. The molecule has 3 nitrogen and oxygen atoms in total. The number of likely N-dealkylation sites (tertiary alicyclic amines) is 1. The van der Waals surface area contributed by atoms with Crippen molar-refractivity contribution in [3.8, 4) is 0 Å². The van der Waals surface area contributed by atoms with Gasteiger partial charge in [0.05, 0.1) is 5.03 Å². The Morgan fingerprint density at radius 3 is 2.77 bits per heavy atom. The average molecular weight is 316 g/mol. The second-order valence-electron chi connectivity index (χ2n) is 6.23. The third-order valence-corrected chi connectivity index (χ3v) is 5.82. The lowest BCUT2D eigenvalue weighted by molar-refractivity contribution is -0.137. The number of rotatable bonds is 4. The summed E-state index contributed by atoms with van der Waals surface area (Å²) in [6, 6.07) is 6.06. The minimum absolute atomic E-state index is 0.240. The molecule has 22 heavy (non-hydrogen) atoms. The van der Waals surface area contributed by atoms with E-state index in [2.05, 4.69) is 28.1 Å². The predicted molar refractivity (Wildman–Crippen MR) is 90.7 cm³/mol. The van der Waals surface area contributed by atoms with E-state index in [0.29, 0.717) is 11.8 Å². The minimum Gasteiger partial charge on any atom is -0.342 e. The van der Waals surface area contributed by atoms with E-state index < -0.39 is 0 Å². The number of hydrogen-bond acceptors (Lipinski definition) is 3. The number of pyridine rings is 1. The first-order valence-electron chi connectivity index (χ1n) is 8.30. The van der Waals surface area contributed by atoms with Crippen LogP contribution in [0.4, 0.5) is 0 Å². The molecule has 0 radical (unpaired) electrons. The van der Waals surface area contributed by atoms with Gasteiger partial charge in [0.25, 0.3) is 0 Å². The van der Waals surface area contributed by atoms with Gasteiger partial charge in [-0.15, -0.1) is 11.8 Å². The molecule has 3 rings (SSSR count). The van der Waals surface area contributed by atoms with E-state index in [1.165, 1.54) is 0 Å². The Balaban J connectivity index is 1.42. The quantitative estimate of drug-likeness (QED) is 0.626. The lowest BCUT2D eigenvalue weighted by Gasteiger charge is -2.34. The molecule has 2 heterocycles. The van der Waals surface area contributed by atoms with E-state index in [1.807, 2.05) is 30.1 Å². The van der Waals surface area contributed by atoms with Crippen LogP contribution in [-0.4, -0.2) is 34.6 Å². The molecule has 1 fully saturated rings. The Morgan fingerprint density at radius 1 is 1.23 bits per heavy atom. The van der Waals surface area contributed by atoms with E-state index in [4.69, 9.17) is 0 Å². The van der Waals surface area contributed by atoms with Crippen LogP contribution in [0.2, 0.25) is 0 Å². The highest BCUT2D eigenvalue weighted by Gasteiger charge is 2.28. The van der Waals surface area contributed by atoms with E-state index in [0.717, 1.165) is 56.0 Å². The fourth-order valence-corrected chi connectivity index (χ4v) is 4.28. The van der Waals surface area contributed by atoms with Crippen LogP contribution in [-0.2, 0) is 4.79 Å². The van der Waals surface area contributed by atoms with Gasteiger partial charge in [0.15, 0.2) is 0 Å². The molecule has 0 spiro atoms. The van der Waals surface area contributed by atoms with Crippen molar-refractivity contribution in [3.63, 3.8) is 0 Å². The van der Waals surface area contributed by atoms with Crippen molar-refractivity contribution in [2.24, 2.45) is 11.8 Å². The first kappa shape index (κ1) is 15.6. The topological polar surface area (TPSA) is 33.2 Å². The molecule has 2 aliphatic rings. The number of thioether (sulfide) groups is 1. The Hall–Kier alpha value is -1.29. The van der Waals surface area contributed by atoms with Crippen molar-refractivity contribution in [2.45, 2.75) is 37.1 Å². The highest BCUT2D eigenvalue weighted by Crippen LogP contribution is 2.27. The molecule has 118 valence electrons. The summed E-state index contributed by atoms with van der Waals surface area (Å²) in [5, 5.41) is 1.11. The lowest BCUT2D eigenvalue weighted by Crippen LogP contribution is -2.42. The summed E-state index contributed by atoms with van der Waals surface area (Å²) < 4.78 is 0. The molecular formula is C18H24N2OS. The Kier molecular flexibility index (Phi) is 5.54. The second kappa shape index (κ2) is 7.82. The van der Waals surface area contributed by atoms with Crippen molar-refractivity contribution >= 4 is 17.7 Å². The lowest BCUT2D eigenvalue weighted by atomic mass is 9.91. The maximum Gasteiger partial charge on any atom is 0.226 e. The van der Waals surface area contributed by atoms with Crippen LogP contribution in [0.1, 0.15) is 32.1 Å². The van der Waals surface area contributed by atoms with Crippen molar-refractivity contribution < 1.29 is 4.79 Å². The van der Waals surface area contributed by atoms with E-state index >= 15 is 0 Å². The van der Waals surface area contributed by atoms with Gasteiger partial charge in [-0.25, -0.2) is 4.98 Å². The van der Waals surface area contributed by atoms with E-state index in [1.54, 1.807) is 0 Å². The van der Waals surface area contributed by atoms with Crippen LogP contribution < -0.4 is 0 Å². The van der Waals surface area contributed by atoms with Crippen LogP contribution in [0.5, 0.6) is 0 Å². The molecule has 0 saturated carbocycles. The highest BCUT2D eigenvalue weighted by molar-refractivity contribution is 7.99. The number of aromatic nitrogens is 1. The molecule has 1 aliphatic carbocycles.